The zero-order valence-corrected chi connectivity index (χ0v) is 31.8. The van der Waals surface area contributed by atoms with E-state index < -0.39 is 10.6 Å². The van der Waals surface area contributed by atoms with E-state index in [4.69, 9.17) is 4.74 Å². The molecule has 0 amide bonds. The molecule has 0 unspecified atom stereocenters. The average Bonchev–Trinajstić information content (AvgIpc) is 3.39. The highest BCUT2D eigenvalue weighted by Crippen LogP contribution is 2.76. The molecule has 5 fully saturated rings. The molecular formula is C40H68N2O4S. The first-order valence-corrected chi connectivity index (χ1v) is 21.0. The van der Waals surface area contributed by atoms with E-state index in [2.05, 4.69) is 64.4 Å². The van der Waals surface area contributed by atoms with Crippen molar-refractivity contribution in [1.29, 1.82) is 0 Å². The summed E-state index contributed by atoms with van der Waals surface area (Å²) in [6, 6.07) is 0. The van der Waals surface area contributed by atoms with Crippen molar-refractivity contribution in [3.05, 3.63) is 23.8 Å². The van der Waals surface area contributed by atoms with Gasteiger partial charge in [0.25, 0.3) is 0 Å². The predicted octanol–water partition coefficient (Wildman–Crippen LogP) is 8.93. The molecule has 1 aliphatic heterocycles. The lowest BCUT2D eigenvalue weighted by molar-refractivity contribution is -0.221. The van der Waals surface area contributed by atoms with Crippen LogP contribution >= 0.6 is 10.6 Å². The van der Waals surface area contributed by atoms with Gasteiger partial charge in [0, 0.05) is 38.1 Å². The Hall–Kier alpha value is -0.860. The lowest BCUT2D eigenvalue weighted by atomic mass is 9.33. The number of carbonyl (C=O) groups excluding carboxylic acids is 1. The minimum atomic E-state index is -2.35. The molecule has 5 aliphatic carbocycles. The van der Waals surface area contributed by atoms with Crippen LogP contribution in [0.5, 0.6) is 0 Å². The summed E-state index contributed by atoms with van der Waals surface area (Å²) >= 11 is 0. The maximum absolute atomic E-state index is 11.8. The monoisotopic (exact) mass is 672 g/mol. The third-order valence-corrected chi connectivity index (χ3v) is 17.9. The van der Waals surface area contributed by atoms with E-state index in [-0.39, 0.29) is 16.9 Å². The van der Waals surface area contributed by atoms with Crippen LogP contribution in [0.4, 0.5) is 0 Å². The van der Waals surface area contributed by atoms with E-state index in [1.807, 2.05) is 0 Å². The maximum atomic E-state index is 11.8. The fourth-order valence-electron chi connectivity index (χ4n) is 13.5. The lowest BCUT2D eigenvalue weighted by Crippen LogP contribution is -2.68. The molecule has 0 aromatic rings. The van der Waals surface area contributed by atoms with Gasteiger partial charge in [0.1, 0.15) is 0 Å². The fourth-order valence-corrected chi connectivity index (χ4v) is 14.8. The summed E-state index contributed by atoms with van der Waals surface area (Å²) in [5.41, 5.74) is 4.30. The first-order valence-electron chi connectivity index (χ1n) is 19.2. The van der Waals surface area contributed by atoms with Gasteiger partial charge in [0.2, 0.25) is 0 Å². The minimum absolute atomic E-state index is 0.0885. The molecular weight excluding hydrogens is 605 g/mol. The van der Waals surface area contributed by atoms with Crippen molar-refractivity contribution >= 4 is 16.6 Å². The molecule has 6 aliphatic rings. The molecule has 0 spiro atoms. The summed E-state index contributed by atoms with van der Waals surface area (Å²) in [7, 11) is -0.851. The molecule has 0 aromatic heterocycles. The molecule has 7 heteroatoms. The van der Waals surface area contributed by atoms with Crippen molar-refractivity contribution in [2.24, 2.45) is 51.2 Å². The van der Waals surface area contributed by atoms with Crippen LogP contribution in [0.1, 0.15) is 119 Å². The quantitative estimate of drug-likeness (QED) is 0.168. The first-order chi connectivity index (χ1) is 22.0. The highest BCUT2D eigenvalue weighted by molar-refractivity contribution is 8.24. The molecule has 268 valence electrons. The molecule has 0 bridgehead atoms. The number of fused-ring (bicyclic) bond motifs is 7. The van der Waals surface area contributed by atoms with Crippen LogP contribution in [0.15, 0.2) is 23.8 Å². The summed E-state index contributed by atoms with van der Waals surface area (Å²) in [4.78, 5) is 14.3. The second kappa shape index (κ2) is 12.7. The molecule has 3 N–H and O–H groups in total. The maximum Gasteiger partial charge on any atom is 0.305 e. The van der Waals surface area contributed by atoms with Gasteiger partial charge in [0.05, 0.1) is 18.6 Å². The Balaban J connectivity index is 1.22. The number of ether oxygens (including phenoxy) is 1. The number of nitrogens with one attached hydrogen (secondary N) is 1. The number of methoxy groups -OCH3 is 1. The Morgan fingerprint density at radius 2 is 1.72 bits per heavy atom. The van der Waals surface area contributed by atoms with E-state index in [1.54, 1.807) is 5.57 Å². The van der Waals surface area contributed by atoms with Gasteiger partial charge >= 0.3 is 5.97 Å². The molecule has 6 rings (SSSR count). The number of allylic oxidation sites excluding steroid dienone is 3. The molecule has 6 nitrogen and oxygen atoms in total. The van der Waals surface area contributed by atoms with Crippen molar-refractivity contribution in [3.63, 3.8) is 0 Å². The largest absolute Gasteiger partial charge is 0.469 e. The summed E-state index contributed by atoms with van der Waals surface area (Å²) < 4.78 is 25.1. The number of nitrogens with zero attached hydrogens (tertiary/aromatic N) is 1. The predicted molar refractivity (Wildman–Crippen MR) is 196 cm³/mol. The van der Waals surface area contributed by atoms with Gasteiger partial charge in [-0.1, -0.05) is 58.4 Å². The Bertz CT molecular complexity index is 1240. The average molecular weight is 673 g/mol. The van der Waals surface area contributed by atoms with E-state index in [9.17, 15) is 13.9 Å². The molecule has 9 atom stereocenters. The molecule has 0 radical (unpaired) electrons. The van der Waals surface area contributed by atoms with Gasteiger partial charge in [-0.25, -0.2) is 0 Å². The highest BCUT2D eigenvalue weighted by atomic mass is 32.3. The lowest BCUT2D eigenvalue weighted by Gasteiger charge is -2.72. The van der Waals surface area contributed by atoms with E-state index in [0.29, 0.717) is 51.9 Å². The van der Waals surface area contributed by atoms with Crippen molar-refractivity contribution in [1.82, 2.24) is 10.2 Å². The van der Waals surface area contributed by atoms with Gasteiger partial charge in [0.15, 0.2) is 0 Å². The standard InChI is InChI=1S/C40H68N2O4S/c1-28(2)30-15-19-40(41-22-23-42-24-26-47(44,45)27-25-42)21-20-38(6)31(35(30)40)12-13-33-37(5)17-14-29(10-9-11-34(43)46-8)36(3,4)32(37)16-18-39(33,38)7/h14,30-33,35,41,44-45H,1,9-13,15-27H2,2-8H3/t30-,31+,32-,33+,35+,37-,38+,39+,40-/m0/s1. The topological polar surface area (TPSA) is 82.0 Å². The van der Waals surface area contributed by atoms with Crippen molar-refractivity contribution < 1.29 is 18.6 Å². The number of hydrogen-bond acceptors (Lipinski definition) is 6. The Kier molecular flexibility index (Phi) is 9.73. The van der Waals surface area contributed by atoms with Crippen LogP contribution in [0.25, 0.3) is 0 Å². The summed E-state index contributed by atoms with van der Waals surface area (Å²) in [6.07, 6.45) is 16.7. The van der Waals surface area contributed by atoms with Crippen LogP contribution in [0.3, 0.4) is 0 Å². The van der Waals surface area contributed by atoms with Gasteiger partial charge in [-0.3, -0.25) is 18.8 Å². The summed E-state index contributed by atoms with van der Waals surface area (Å²) in [6.45, 7) is 23.7. The van der Waals surface area contributed by atoms with Crippen molar-refractivity contribution in [3.8, 4) is 0 Å². The van der Waals surface area contributed by atoms with Gasteiger partial charge in [-0.2, -0.15) is 10.6 Å². The second-order valence-electron chi connectivity index (χ2n) is 18.4. The molecule has 1 saturated heterocycles. The number of rotatable bonds is 9. The van der Waals surface area contributed by atoms with E-state index in [1.165, 1.54) is 70.5 Å². The SMILES string of the molecule is C=C(C)[C@@H]1CC[C@]2(NCCN3CCS(O)(O)CC3)CC[C@]3(C)[C@H](CC[C@@H]4[C@@]5(C)CC=C(CCCC(=O)OC)C(C)(C)[C@@H]5CC[C@]43C)[C@@H]12. The summed E-state index contributed by atoms with van der Waals surface area (Å²) in [5, 5.41) is 4.24. The van der Waals surface area contributed by atoms with Crippen molar-refractivity contribution in [2.45, 2.75) is 124 Å². The molecule has 47 heavy (non-hydrogen) atoms. The van der Waals surface area contributed by atoms with Crippen molar-refractivity contribution in [2.75, 3.05) is 44.8 Å². The van der Waals surface area contributed by atoms with E-state index in [0.717, 1.165) is 50.9 Å². The third kappa shape index (κ3) is 5.92. The first kappa shape index (κ1) is 35.9. The Morgan fingerprint density at radius 1 is 1.00 bits per heavy atom. The van der Waals surface area contributed by atoms with Gasteiger partial charge in [-0.15, -0.1) is 0 Å². The number of esters is 1. The van der Waals surface area contributed by atoms with E-state index >= 15 is 0 Å². The normalized spacial score (nSPS) is 44.6. The number of hydrogen-bond donors (Lipinski definition) is 3. The van der Waals surface area contributed by atoms with Crippen LogP contribution < -0.4 is 5.32 Å². The van der Waals surface area contributed by atoms with Crippen LogP contribution in [-0.4, -0.2) is 70.3 Å². The number of carbonyl (C=O) groups is 1. The second-order valence-corrected chi connectivity index (χ2v) is 20.8. The van der Waals surface area contributed by atoms with Crippen LogP contribution in [0.2, 0.25) is 0 Å². The molecule has 1 heterocycles. The highest BCUT2D eigenvalue weighted by Gasteiger charge is 2.70. The third-order valence-electron chi connectivity index (χ3n) is 16.2. The zero-order chi connectivity index (χ0) is 34.0. The summed E-state index contributed by atoms with van der Waals surface area (Å²) in [5.74, 6) is 4.37. The molecule has 0 aromatic carbocycles. The zero-order valence-electron chi connectivity index (χ0n) is 31.0. The Labute approximate surface area is 288 Å². The fraction of sp³-hybridized carbons (Fsp3) is 0.875. The van der Waals surface area contributed by atoms with Gasteiger partial charge < -0.3 is 10.1 Å². The molecule has 4 saturated carbocycles. The van der Waals surface area contributed by atoms with Crippen LogP contribution in [0, 0.1) is 51.2 Å². The minimum Gasteiger partial charge on any atom is -0.469 e. The van der Waals surface area contributed by atoms with Crippen LogP contribution in [-0.2, 0) is 9.53 Å². The Morgan fingerprint density at radius 3 is 2.40 bits per heavy atom. The van der Waals surface area contributed by atoms with Gasteiger partial charge in [-0.05, 0) is 129 Å². The smallest absolute Gasteiger partial charge is 0.305 e.